The molecule has 0 aliphatic rings. The molecule has 0 saturated carbocycles. The minimum absolute atomic E-state index is 0.243. The van der Waals surface area contributed by atoms with Crippen LogP contribution >= 0.6 is 0 Å². The number of aromatic nitrogens is 3. The van der Waals surface area contributed by atoms with Crippen LogP contribution in [-0.4, -0.2) is 27.0 Å². The van der Waals surface area contributed by atoms with E-state index in [0.29, 0.717) is 36.1 Å². The summed E-state index contributed by atoms with van der Waals surface area (Å²) in [5.41, 5.74) is 1.09. The summed E-state index contributed by atoms with van der Waals surface area (Å²) >= 11 is 0. The minimum Gasteiger partial charge on any atom is -0.352 e. The highest BCUT2D eigenvalue weighted by molar-refractivity contribution is 5.97. The van der Waals surface area contributed by atoms with Gasteiger partial charge < -0.3 is 14.9 Å². The number of carbonyl (C=O) groups excluding carboxylic acids is 1. The molecule has 1 amide bonds. The van der Waals surface area contributed by atoms with Crippen LogP contribution in [0.15, 0.2) is 52.2 Å². The number of nitrogens with zero attached hydrogens (tertiary/aromatic N) is 2. The lowest BCUT2D eigenvalue weighted by Gasteiger charge is -2.09. The van der Waals surface area contributed by atoms with Crippen LogP contribution in [0.3, 0.4) is 0 Å². The van der Waals surface area contributed by atoms with Crippen molar-refractivity contribution in [1.29, 1.82) is 0 Å². The van der Waals surface area contributed by atoms with Gasteiger partial charge in [0.1, 0.15) is 0 Å². The molecule has 0 spiro atoms. The maximum absolute atomic E-state index is 12.3. The third-order valence-electron chi connectivity index (χ3n) is 3.95. The molecular weight excluding hydrogens is 320 g/mol. The number of fused-ring (bicyclic) bond motifs is 1. The van der Waals surface area contributed by atoms with E-state index in [2.05, 4.69) is 15.3 Å². The fourth-order valence-electron chi connectivity index (χ4n) is 2.69. The molecule has 1 aromatic carbocycles. The van der Waals surface area contributed by atoms with Gasteiger partial charge in [0.2, 0.25) is 0 Å². The summed E-state index contributed by atoms with van der Waals surface area (Å²) in [4.78, 5) is 42.6. The number of nitrogens with one attached hydrogen (secondary N) is 2. The second kappa shape index (κ2) is 7.12. The summed E-state index contributed by atoms with van der Waals surface area (Å²) in [5.74, 6) is -0.243. The molecule has 25 heavy (non-hydrogen) atoms. The number of pyridine rings is 1. The molecule has 2 N–H and O–H groups in total. The first-order valence-corrected chi connectivity index (χ1v) is 8.05. The number of aromatic amines is 1. The Morgan fingerprint density at radius 1 is 1.24 bits per heavy atom. The molecule has 0 aliphatic carbocycles. The Labute approximate surface area is 143 Å². The zero-order chi connectivity index (χ0) is 17.8. The van der Waals surface area contributed by atoms with E-state index in [9.17, 15) is 14.4 Å². The zero-order valence-corrected chi connectivity index (χ0v) is 13.8. The molecule has 3 rings (SSSR count). The fourth-order valence-corrected chi connectivity index (χ4v) is 2.69. The van der Waals surface area contributed by atoms with Crippen LogP contribution < -0.4 is 16.4 Å². The van der Waals surface area contributed by atoms with Crippen LogP contribution in [0, 0.1) is 0 Å². The number of rotatable bonds is 5. The maximum Gasteiger partial charge on any atom is 0.316 e. The molecule has 0 saturated heterocycles. The molecule has 0 bridgehead atoms. The molecule has 0 fully saturated rings. The van der Waals surface area contributed by atoms with Crippen molar-refractivity contribution in [3.8, 4) is 0 Å². The van der Waals surface area contributed by atoms with Gasteiger partial charge in [-0.2, -0.15) is 0 Å². The predicted octanol–water partition coefficient (Wildman–Crippen LogP) is 1.08. The average Bonchev–Trinajstić information content (AvgIpc) is 2.63. The maximum atomic E-state index is 12.3. The standard InChI is InChI=1S/C18H18N4O3/c1-2-22-15-7-6-12(11-14(15)21-17(24)18(22)25)16(23)20-10-8-13-5-3-4-9-19-13/h3-7,9,11H,2,8,10H2,1H3,(H,20,23)(H,21,24). The van der Waals surface area contributed by atoms with Crippen LogP contribution in [0.4, 0.5) is 0 Å². The normalized spacial score (nSPS) is 10.8. The minimum atomic E-state index is -0.693. The van der Waals surface area contributed by atoms with Gasteiger partial charge in [0.25, 0.3) is 5.91 Å². The Morgan fingerprint density at radius 2 is 2.08 bits per heavy atom. The Morgan fingerprint density at radius 3 is 2.80 bits per heavy atom. The SMILES string of the molecule is CCn1c(=O)c(=O)[nH]c2cc(C(=O)NCCc3ccccn3)ccc21. The van der Waals surface area contributed by atoms with Crippen LogP contribution in [0.5, 0.6) is 0 Å². The van der Waals surface area contributed by atoms with Crippen LogP contribution in [0.2, 0.25) is 0 Å². The molecule has 128 valence electrons. The molecule has 7 heteroatoms. The van der Waals surface area contributed by atoms with Crippen molar-refractivity contribution in [3.05, 3.63) is 74.6 Å². The lowest BCUT2D eigenvalue weighted by molar-refractivity contribution is 0.0954. The van der Waals surface area contributed by atoms with E-state index in [0.717, 1.165) is 5.69 Å². The summed E-state index contributed by atoms with van der Waals surface area (Å²) in [6, 6.07) is 10.5. The smallest absolute Gasteiger partial charge is 0.316 e. The van der Waals surface area contributed by atoms with Crippen molar-refractivity contribution in [2.45, 2.75) is 19.9 Å². The third kappa shape index (κ3) is 3.50. The molecule has 2 heterocycles. The van der Waals surface area contributed by atoms with E-state index >= 15 is 0 Å². The molecule has 0 radical (unpaired) electrons. The average molecular weight is 338 g/mol. The third-order valence-corrected chi connectivity index (χ3v) is 3.95. The zero-order valence-electron chi connectivity index (χ0n) is 13.8. The first kappa shape index (κ1) is 16.6. The highest BCUT2D eigenvalue weighted by Crippen LogP contribution is 2.11. The Balaban J connectivity index is 1.79. The number of amides is 1. The van der Waals surface area contributed by atoms with E-state index in [1.165, 1.54) is 4.57 Å². The second-order valence-corrected chi connectivity index (χ2v) is 5.56. The number of benzene rings is 1. The van der Waals surface area contributed by atoms with Gasteiger partial charge in [0, 0.05) is 37.0 Å². The number of carbonyl (C=O) groups is 1. The molecule has 0 unspecified atom stereocenters. The van der Waals surface area contributed by atoms with Gasteiger partial charge in [0.05, 0.1) is 11.0 Å². The highest BCUT2D eigenvalue weighted by atomic mass is 16.2. The largest absolute Gasteiger partial charge is 0.352 e. The molecule has 0 atom stereocenters. The quantitative estimate of drug-likeness (QED) is 0.680. The number of hydrogen-bond donors (Lipinski definition) is 2. The summed E-state index contributed by atoms with van der Waals surface area (Å²) in [6.45, 7) is 2.63. The van der Waals surface area contributed by atoms with Crippen molar-refractivity contribution in [1.82, 2.24) is 19.9 Å². The van der Waals surface area contributed by atoms with Crippen LogP contribution in [0.1, 0.15) is 23.0 Å². The Hall–Kier alpha value is -3.22. The van der Waals surface area contributed by atoms with Crippen molar-refractivity contribution in [2.75, 3.05) is 6.54 Å². The first-order chi connectivity index (χ1) is 12.1. The van der Waals surface area contributed by atoms with Gasteiger partial charge in [-0.3, -0.25) is 19.4 Å². The monoisotopic (exact) mass is 338 g/mol. The lowest BCUT2D eigenvalue weighted by atomic mass is 10.1. The lowest BCUT2D eigenvalue weighted by Crippen LogP contribution is -2.36. The van der Waals surface area contributed by atoms with Gasteiger partial charge >= 0.3 is 11.1 Å². The fraction of sp³-hybridized carbons (Fsp3) is 0.222. The van der Waals surface area contributed by atoms with E-state index in [4.69, 9.17) is 0 Å². The topological polar surface area (TPSA) is 96.9 Å². The summed E-state index contributed by atoms with van der Waals surface area (Å²) < 4.78 is 1.39. The van der Waals surface area contributed by atoms with E-state index in [-0.39, 0.29) is 5.91 Å². The summed E-state index contributed by atoms with van der Waals surface area (Å²) in [5, 5.41) is 2.83. The van der Waals surface area contributed by atoms with E-state index in [1.54, 1.807) is 31.3 Å². The Kier molecular flexibility index (Phi) is 4.74. The Bertz CT molecular complexity index is 1020. The first-order valence-electron chi connectivity index (χ1n) is 8.05. The van der Waals surface area contributed by atoms with Gasteiger partial charge in [-0.25, -0.2) is 0 Å². The molecular formula is C18H18N4O3. The predicted molar refractivity (Wildman–Crippen MR) is 94.8 cm³/mol. The van der Waals surface area contributed by atoms with Crippen molar-refractivity contribution in [2.24, 2.45) is 0 Å². The van der Waals surface area contributed by atoms with Crippen molar-refractivity contribution < 1.29 is 4.79 Å². The number of aryl methyl sites for hydroxylation is 1. The summed E-state index contributed by atoms with van der Waals surface area (Å²) in [7, 11) is 0. The second-order valence-electron chi connectivity index (χ2n) is 5.56. The number of H-pyrrole nitrogens is 1. The van der Waals surface area contributed by atoms with Gasteiger partial charge in [0.15, 0.2) is 0 Å². The van der Waals surface area contributed by atoms with Crippen molar-refractivity contribution in [3.63, 3.8) is 0 Å². The molecule has 3 aromatic rings. The van der Waals surface area contributed by atoms with E-state index < -0.39 is 11.1 Å². The van der Waals surface area contributed by atoms with Gasteiger partial charge in [-0.05, 0) is 37.3 Å². The van der Waals surface area contributed by atoms with Gasteiger partial charge in [-0.1, -0.05) is 6.07 Å². The molecule has 0 aliphatic heterocycles. The van der Waals surface area contributed by atoms with Gasteiger partial charge in [-0.15, -0.1) is 0 Å². The summed E-state index contributed by atoms with van der Waals surface area (Å²) in [6.07, 6.45) is 2.34. The molecule has 7 nitrogen and oxygen atoms in total. The van der Waals surface area contributed by atoms with Crippen molar-refractivity contribution >= 4 is 16.9 Å². The number of hydrogen-bond acceptors (Lipinski definition) is 4. The van der Waals surface area contributed by atoms with Crippen LogP contribution in [0.25, 0.3) is 11.0 Å². The van der Waals surface area contributed by atoms with Crippen LogP contribution in [-0.2, 0) is 13.0 Å². The highest BCUT2D eigenvalue weighted by Gasteiger charge is 2.10. The van der Waals surface area contributed by atoms with E-state index in [1.807, 2.05) is 18.2 Å². The molecule has 2 aromatic heterocycles.